The van der Waals surface area contributed by atoms with Gasteiger partial charge in [0, 0.05) is 11.2 Å². The third-order valence-electron chi connectivity index (χ3n) is 2.65. The number of nitrogens with zero attached hydrogens (tertiary/aromatic N) is 1. The summed E-state index contributed by atoms with van der Waals surface area (Å²) in [6, 6.07) is 6.36. The van der Waals surface area contributed by atoms with Crippen LogP contribution < -0.4 is 21.3 Å². The van der Waals surface area contributed by atoms with Gasteiger partial charge in [-0.3, -0.25) is 4.79 Å². The number of hydrazine groups is 1. The van der Waals surface area contributed by atoms with E-state index < -0.39 is 5.91 Å². The maximum atomic E-state index is 12.2. The Labute approximate surface area is 131 Å². The van der Waals surface area contributed by atoms with Gasteiger partial charge in [0.15, 0.2) is 5.82 Å². The summed E-state index contributed by atoms with van der Waals surface area (Å²) in [6.45, 7) is 0. The molecule has 0 bridgehead atoms. The summed E-state index contributed by atoms with van der Waals surface area (Å²) in [5, 5.41) is 3.40. The molecule has 0 unspecified atom stereocenters. The first-order chi connectivity index (χ1) is 10.0. The van der Waals surface area contributed by atoms with Crippen LogP contribution in [0.25, 0.3) is 0 Å². The van der Waals surface area contributed by atoms with E-state index in [2.05, 4.69) is 15.7 Å². The lowest BCUT2D eigenvalue weighted by molar-refractivity contribution is 0.102. The topological polar surface area (TPSA) is 89.3 Å². The Morgan fingerprint density at radius 3 is 2.71 bits per heavy atom. The van der Waals surface area contributed by atoms with Crippen LogP contribution >= 0.6 is 23.2 Å². The number of aromatic nitrogens is 1. The lowest BCUT2D eigenvalue weighted by Crippen LogP contribution is -2.14. The number of hydrogen-bond acceptors (Lipinski definition) is 5. The summed E-state index contributed by atoms with van der Waals surface area (Å²) in [5.74, 6) is 5.61. The first kappa shape index (κ1) is 15.4. The average Bonchev–Trinajstić information content (AvgIpc) is 2.47. The van der Waals surface area contributed by atoms with E-state index in [0.29, 0.717) is 16.5 Å². The minimum atomic E-state index is -0.395. The van der Waals surface area contributed by atoms with Gasteiger partial charge < -0.3 is 15.5 Å². The third-order valence-corrected chi connectivity index (χ3v) is 3.17. The predicted octanol–water partition coefficient (Wildman–Crippen LogP) is 2.93. The maximum absolute atomic E-state index is 12.2. The van der Waals surface area contributed by atoms with Crippen LogP contribution in [0.4, 0.5) is 11.5 Å². The van der Waals surface area contributed by atoms with Crippen molar-refractivity contribution >= 4 is 40.6 Å². The molecule has 1 amide bonds. The molecule has 0 aliphatic carbocycles. The molecule has 0 fully saturated rings. The molecule has 0 saturated carbocycles. The van der Waals surface area contributed by atoms with E-state index >= 15 is 0 Å². The molecular formula is C13H12Cl2N4O2. The summed E-state index contributed by atoms with van der Waals surface area (Å²) in [4.78, 5) is 16.1. The number of halogens is 2. The highest BCUT2D eigenvalue weighted by atomic mass is 35.5. The number of nitrogens with two attached hydrogens (primary N) is 1. The fourth-order valence-corrected chi connectivity index (χ4v) is 2.03. The summed E-state index contributed by atoms with van der Waals surface area (Å²) >= 11 is 11.8. The van der Waals surface area contributed by atoms with Crippen molar-refractivity contribution in [3.05, 3.63) is 46.1 Å². The number of benzene rings is 1. The Kier molecular flexibility index (Phi) is 4.85. The lowest BCUT2D eigenvalue weighted by atomic mass is 10.2. The van der Waals surface area contributed by atoms with Crippen LogP contribution in [-0.2, 0) is 0 Å². The number of amides is 1. The van der Waals surface area contributed by atoms with E-state index in [-0.39, 0.29) is 16.4 Å². The van der Waals surface area contributed by atoms with Gasteiger partial charge in [-0.2, -0.15) is 0 Å². The summed E-state index contributed by atoms with van der Waals surface area (Å²) in [6.07, 6.45) is 1.35. The van der Waals surface area contributed by atoms with Gasteiger partial charge in [-0.15, -0.1) is 0 Å². The number of ether oxygens (including phenoxy) is 1. The van der Waals surface area contributed by atoms with Crippen molar-refractivity contribution in [1.82, 2.24) is 4.98 Å². The van der Waals surface area contributed by atoms with Crippen molar-refractivity contribution in [3.63, 3.8) is 0 Å². The number of anilines is 2. The number of hydrogen-bond donors (Lipinski definition) is 3. The van der Waals surface area contributed by atoms with Crippen LogP contribution in [0.5, 0.6) is 5.75 Å². The normalized spacial score (nSPS) is 10.1. The molecule has 0 spiro atoms. The number of pyridine rings is 1. The highest BCUT2D eigenvalue weighted by Gasteiger charge is 2.12. The van der Waals surface area contributed by atoms with Crippen molar-refractivity contribution < 1.29 is 9.53 Å². The number of methoxy groups -OCH3 is 1. The van der Waals surface area contributed by atoms with Gasteiger partial charge in [-0.05, 0) is 24.3 Å². The molecule has 2 aromatic rings. The van der Waals surface area contributed by atoms with Gasteiger partial charge in [-0.25, -0.2) is 10.8 Å². The highest BCUT2D eigenvalue weighted by Crippen LogP contribution is 2.28. The quantitative estimate of drug-likeness (QED) is 0.593. The number of nitrogens with one attached hydrogen (secondary N) is 2. The van der Waals surface area contributed by atoms with Crippen LogP contribution in [-0.4, -0.2) is 18.0 Å². The van der Waals surface area contributed by atoms with Crippen LogP contribution in [0.15, 0.2) is 30.5 Å². The molecule has 110 valence electrons. The van der Waals surface area contributed by atoms with Crippen LogP contribution in [0.1, 0.15) is 10.4 Å². The van der Waals surface area contributed by atoms with Crippen molar-refractivity contribution in [2.45, 2.75) is 0 Å². The smallest absolute Gasteiger partial charge is 0.257 e. The highest BCUT2D eigenvalue weighted by molar-refractivity contribution is 6.33. The summed E-state index contributed by atoms with van der Waals surface area (Å²) in [5.41, 5.74) is 3.05. The third kappa shape index (κ3) is 3.55. The zero-order valence-electron chi connectivity index (χ0n) is 11.0. The van der Waals surface area contributed by atoms with E-state index in [1.807, 2.05) is 0 Å². The Hall–Kier alpha value is -2.02. The van der Waals surface area contributed by atoms with Crippen molar-refractivity contribution in [2.24, 2.45) is 5.84 Å². The minimum Gasteiger partial charge on any atom is -0.495 e. The van der Waals surface area contributed by atoms with Crippen LogP contribution in [0.2, 0.25) is 10.0 Å². The Morgan fingerprint density at radius 2 is 2.10 bits per heavy atom. The first-order valence-corrected chi connectivity index (χ1v) is 6.57. The molecule has 1 aromatic heterocycles. The Morgan fingerprint density at radius 1 is 1.33 bits per heavy atom. The fourth-order valence-electron chi connectivity index (χ4n) is 1.64. The van der Waals surface area contributed by atoms with Gasteiger partial charge in [0.25, 0.3) is 5.91 Å². The Balaban J connectivity index is 2.26. The van der Waals surface area contributed by atoms with E-state index in [0.717, 1.165) is 0 Å². The monoisotopic (exact) mass is 326 g/mol. The van der Waals surface area contributed by atoms with Gasteiger partial charge in [0.05, 0.1) is 23.4 Å². The molecule has 0 aliphatic rings. The molecule has 21 heavy (non-hydrogen) atoms. The van der Waals surface area contributed by atoms with Gasteiger partial charge in [-0.1, -0.05) is 23.2 Å². The fraction of sp³-hybridized carbons (Fsp3) is 0.0769. The van der Waals surface area contributed by atoms with E-state index in [4.69, 9.17) is 33.8 Å². The van der Waals surface area contributed by atoms with Crippen LogP contribution in [0, 0.1) is 0 Å². The number of rotatable bonds is 4. The van der Waals surface area contributed by atoms with Crippen molar-refractivity contribution in [3.8, 4) is 5.75 Å². The minimum absolute atomic E-state index is 0.239. The van der Waals surface area contributed by atoms with E-state index in [9.17, 15) is 4.79 Å². The second-order valence-corrected chi connectivity index (χ2v) is 4.84. The molecule has 2 rings (SSSR count). The zero-order chi connectivity index (χ0) is 15.4. The molecule has 0 radical (unpaired) electrons. The van der Waals surface area contributed by atoms with Gasteiger partial charge in [0.2, 0.25) is 0 Å². The predicted molar refractivity (Wildman–Crippen MR) is 83.0 cm³/mol. The molecule has 0 atom stereocenters. The van der Waals surface area contributed by atoms with E-state index in [1.165, 1.54) is 19.4 Å². The standard InChI is InChI=1S/C13H12Cl2N4O2/c1-21-11-3-2-8(14)5-10(11)18-13(20)7-4-9(15)12(19-16)17-6-7/h2-6H,16H2,1H3,(H,17,19)(H,18,20). The van der Waals surface area contributed by atoms with Gasteiger partial charge >= 0.3 is 0 Å². The average molecular weight is 327 g/mol. The molecule has 1 heterocycles. The molecule has 1 aromatic carbocycles. The first-order valence-electron chi connectivity index (χ1n) is 5.82. The second-order valence-electron chi connectivity index (χ2n) is 4.00. The molecule has 0 aliphatic heterocycles. The number of nitrogen functional groups attached to an aromatic ring is 1. The molecular weight excluding hydrogens is 315 g/mol. The second kappa shape index (κ2) is 6.62. The molecule has 6 nitrogen and oxygen atoms in total. The summed E-state index contributed by atoms with van der Waals surface area (Å²) < 4.78 is 5.16. The van der Waals surface area contributed by atoms with Crippen molar-refractivity contribution in [2.75, 3.05) is 17.9 Å². The SMILES string of the molecule is COc1ccc(Cl)cc1NC(=O)c1cnc(NN)c(Cl)c1. The number of carbonyl (C=O) groups is 1. The van der Waals surface area contributed by atoms with Crippen molar-refractivity contribution in [1.29, 1.82) is 0 Å². The lowest BCUT2D eigenvalue weighted by Gasteiger charge is -2.11. The molecule has 0 saturated heterocycles. The Bertz CT molecular complexity index is 679. The molecule has 4 N–H and O–H groups in total. The number of carbonyl (C=O) groups excluding carboxylic acids is 1. The zero-order valence-corrected chi connectivity index (χ0v) is 12.5. The largest absolute Gasteiger partial charge is 0.495 e. The van der Waals surface area contributed by atoms with Crippen LogP contribution in [0.3, 0.4) is 0 Å². The summed E-state index contributed by atoms with van der Waals surface area (Å²) in [7, 11) is 1.50. The maximum Gasteiger partial charge on any atom is 0.257 e. The van der Waals surface area contributed by atoms with Gasteiger partial charge in [0.1, 0.15) is 5.75 Å². The molecule has 8 heteroatoms. The van der Waals surface area contributed by atoms with E-state index in [1.54, 1.807) is 18.2 Å².